The number of thioether (sulfide) groups is 1. The molecule has 4 heteroatoms. The highest BCUT2D eigenvalue weighted by Crippen LogP contribution is 2.19. The summed E-state index contributed by atoms with van der Waals surface area (Å²) in [4.78, 5) is 12.2. The molecule has 0 unspecified atom stereocenters. The Balaban J connectivity index is 2.64. The summed E-state index contributed by atoms with van der Waals surface area (Å²) < 4.78 is 5.00. The van der Waals surface area contributed by atoms with E-state index in [0.717, 1.165) is 4.90 Å². The number of hydrogen-bond donors (Lipinski definition) is 1. The topological polar surface area (TPSA) is 52.3 Å². The van der Waals surface area contributed by atoms with E-state index >= 15 is 0 Å². The van der Waals surface area contributed by atoms with Gasteiger partial charge in [0.2, 0.25) is 0 Å². The third-order valence-corrected chi connectivity index (χ3v) is 2.39. The summed E-state index contributed by atoms with van der Waals surface area (Å²) in [7, 11) is 0. The molecule has 14 heavy (non-hydrogen) atoms. The molecule has 0 saturated heterocycles. The normalized spacial score (nSPS) is 12.2. The van der Waals surface area contributed by atoms with Gasteiger partial charge in [0.1, 0.15) is 11.8 Å². The Morgan fingerprint density at radius 3 is 2.43 bits per heavy atom. The Labute approximate surface area is 87.6 Å². The minimum atomic E-state index is -0.588. The Kier molecular flexibility index (Phi) is 3.98. The lowest BCUT2D eigenvalue weighted by Crippen LogP contribution is -2.30. The Bertz CT molecular complexity index is 308. The molecule has 0 radical (unpaired) electrons. The zero-order valence-corrected chi connectivity index (χ0v) is 9.01. The fraction of sp³-hybridized carbons (Fsp3) is 0.300. The van der Waals surface area contributed by atoms with Crippen LogP contribution in [-0.2, 0) is 4.79 Å². The average Bonchev–Trinajstić information content (AvgIpc) is 2.19. The van der Waals surface area contributed by atoms with Crippen molar-refractivity contribution < 1.29 is 9.53 Å². The van der Waals surface area contributed by atoms with Crippen molar-refractivity contribution in [3.8, 4) is 5.75 Å². The molecule has 0 heterocycles. The van der Waals surface area contributed by atoms with E-state index in [9.17, 15) is 4.79 Å². The maximum Gasteiger partial charge on any atom is 0.328 e. The van der Waals surface area contributed by atoms with Gasteiger partial charge in [-0.2, -0.15) is 0 Å². The molecular formula is C10H13NO2S. The molecule has 2 N–H and O–H groups in total. The van der Waals surface area contributed by atoms with Crippen LogP contribution < -0.4 is 10.5 Å². The highest BCUT2D eigenvalue weighted by atomic mass is 32.2. The molecule has 0 bridgehead atoms. The second-order valence-electron chi connectivity index (χ2n) is 2.89. The molecule has 1 atom stereocenters. The van der Waals surface area contributed by atoms with E-state index in [4.69, 9.17) is 10.5 Å². The third kappa shape index (κ3) is 3.05. The van der Waals surface area contributed by atoms with E-state index in [1.807, 2.05) is 18.4 Å². The van der Waals surface area contributed by atoms with Crippen LogP contribution in [0.1, 0.15) is 6.92 Å². The second kappa shape index (κ2) is 5.02. The number of carbonyl (C=O) groups excluding carboxylic acids is 1. The minimum absolute atomic E-state index is 0.415. The molecule has 76 valence electrons. The van der Waals surface area contributed by atoms with Crippen molar-refractivity contribution >= 4 is 17.7 Å². The van der Waals surface area contributed by atoms with Crippen LogP contribution in [0.4, 0.5) is 0 Å². The standard InChI is InChI=1S/C10H13NO2S/c1-7(11)10(12)13-8-3-5-9(14-2)6-4-8/h3-7H,11H2,1-2H3/t7-/m0/s1. The van der Waals surface area contributed by atoms with Gasteiger partial charge in [-0.15, -0.1) is 11.8 Å². The minimum Gasteiger partial charge on any atom is -0.425 e. The van der Waals surface area contributed by atoms with E-state index in [-0.39, 0.29) is 0 Å². The van der Waals surface area contributed by atoms with E-state index in [1.165, 1.54) is 0 Å². The molecule has 0 aromatic heterocycles. The van der Waals surface area contributed by atoms with Crippen molar-refractivity contribution in [1.82, 2.24) is 0 Å². The number of hydrogen-bond acceptors (Lipinski definition) is 4. The Hall–Kier alpha value is -1.00. The van der Waals surface area contributed by atoms with Crippen LogP contribution in [0.2, 0.25) is 0 Å². The van der Waals surface area contributed by atoms with Gasteiger partial charge in [0.25, 0.3) is 0 Å². The molecule has 0 saturated carbocycles. The summed E-state index contributed by atoms with van der Waals surface area (Å²) in [6, 6.07) is 6.72. The van der Waals surface area contributed by atoms with Crippen LogP contribution in [-0.4, -0.2) is 18.3 Å². The molecule has 0 spiro atoms. The smallest absolute Gasteiger partial charge is 0.328 e. The van der Waals surface area contributed by atoms with Gasteiger partial charge >= 0.3 is 5.97 Å². The van der Waals surface area contributed by atoms with Gasteiger partial charge in [-0.05, 0) is 37.4 Å². The molecular weight excluding hydrogens is 198 g/mol. The summed E-state index contributed by atoms with van der Waals surface area (Å²) in [5.41, 5.74) is 5.36. The first-order valence-corrected chi connectivity index (χ1v) is 5.47. The quantitative estimate of drug-likeness (QED) is 0.469. The predicted octanol–water partition coefficient (Wildman–Crippen LogP) is 1.66. The van der Waals surface area contributed by atoms with Gasteiger partial charge in [0.15, 0.2) is 0 Å². The summed E-state index contributed by atoms with van der Waals surface area (Å²) in [5.74, 6) is 0.118. The van der Waals surface area contributed by atoms with Crippen LogP contribution >= 0.6 is 11.8 Å². The molecule has 0 fully saturated rings. The number of nitrogens with two attached hydrogens (primary N) is 1. The van der Waals surface area contributed by atoms with Gasteiger partial charge in [-0.25, -0.2) is 4.79 Å². The summed E-state index contributed by atoms with van der Waals surface area (Å²) in [6.07, 6.45) is 1.99. The molecule has 1 aromatic carbocycles. The first-order valence-electron chi connectivity index (χ1n) is 4.25. The fourth-order valence-corrected chi connectivity index (χ4v) is 1.26. The number of carbonyl (C=O) groups is 1. The average molecular weight is 211 g/mol. The van der Waals surface area contributed by atoms with Gasteiger partial charge < -0.3 is 10.5 Å². The SMILES string of the molecule is CSc1ccc(OC(=O)[C@H](C)N)cc1. The third-order valence-electron chi connectivity index (χ3n) is 1.65. The monoisotopic (exact) mass is 211 g/mol. The van der Waals surface area contributed by atoms with E-state index in [0.29, 0.717) is 5.75 Å². The van der Waals surface area contributed by atoms with Gasteiger partial charge in [-0.1, -0.05) is 0 Å². The predicted molar refractivity (Wildman–Crippen MR) is 57.5 cm³/mol. The lowest BCUT2D eigenvalue weighted by atomic mass is 10.3. The van der Waals surface area contributed by atoms with Crippen molar-refractivity contribution in [3.05, 3.63) is 24.3 Å². The molecule has 1 rings (SSSR count). The zero-order valence-electron chi connectivity index (χ0n) is 8.19. The summed E-state index contributed by atoms with van der Waals surface area (Å²) >= 11 is 1.64. The van der Waals surface area contributed by atoms with E-state index in [2.05, 4.69) is 0 Å². The number of esters is 1. The number of ether oxygens (including phenoxy) is 1. The molecule has 0 aliphatic carbocycles. The van der Waals surface area contributed by atoms with Crippen LogP contribution in [0.5, 0.6) is 5.75 Å². The molecule has 1 aromatic rings. The van der Waals surface area contributed by atoms with Crippen molar-refractivity contribution in [2.24, 2.45) is 5.73 Å². The summed E-state index contributed by atoms with van der Waals surface area (Å²) in [6.45, 7) is 1.60. The first-order chi connectivity index (χ1) is 6.63. The van der Waals surface area contributed by atoms with Crippen molar-refractivity contribution in [2.45, 2.75) is 17.9 Å². The zero-order chi connectivity index (χ0) is 10.6. The van der Waals surface area contributed by atoms with E-state index < -0.39 is 12.0 Å². The lowest BCUT2D eigenvalue weighted by Gasteiger charge is -2.06. The van der Waals surface area contributed by atoms with E-state index in [1.54, 1.807) is 30.8 Å². The maximum absolute atomic E-state index is 11.1. The largest absolute Gasteiger partial charge is 0.425 e. The summed E-state index contributed by atoms with van der Waals surface area (Å²) in [5, 5.41) is 0. The van der Waals surface area contributed by atoms with Crippen LogP contribution in [0.15, 0.2) is 29.2 Å². The highest BCUT2D eigenvalue weighted by molar-refractivity contribution is 7.98. The number of benzene rings is 1. The van der Waals surface area contributed by atoms with Crippen LogP contribution in [0.25, 0.3) is 0 Å². The Morgan fingerprint density at radius 2 is 2.00 bits per heavy atom. The van der Waals surface area contributed by atoms with Crippen molar-refractivity contribution in [2.75, 3.05) is 6.26 Å². The number of rotatable bonds is 3. The maximum atomic E-state index is 11.1. The van der Waals surface area contributed by atoms with Crippen LogP contribution in [0, 0.1) is 0 Å². The fourth-order valence-electron chi connectivity index (χ4n) is 0.853. The highest BCUT2D eigenvalue weighted by Gasteiger charge is 2.09. The second-order valence-corrected chi connectivity index (χ2v) is 3.76. The molecule has 0 aliphatic heterocycles. The van der Waals surface area contributed by atoms with Gasteiger partial charge in [0.05, 0.1) is 0 Å². The van der Waals surface area contributed by atoms with Crippen LogP contribution in [0.3, 0.4) is 0 Å². The van der Waals surface area contributed by atoms with Crippen molar-refractivity contribution in [3.63, 3.8) is 0 Å². The van der Waals surface area contributed by atoms with Gasteiger partial charge in [0, 0.05) is 4.90 Å². The molecule has 3 nitrogen and oxygen atoms in total. The van der Waals surface area contributed by atoms with Crippen molar-refractivity contribution in [1.29, 1.82) is 0 Å². The molecule has 0 aliphatic rings. The lowest BCUT2D eigenvalue weighted by molar-refractivity contribution is -0.135. The van der Waals surface area contributed by atoms with Gasteiger partial charge in [-0.3, -0.25) is 0 Å². The first kappa shape index (κ1) is 11.1. The molecule has 0 amide bonds. The Morgan fingerprint density at radius 1 is 1.43 bits per heavy atom.